The highest BCUT2D eigenvalue weighted by molar-refractivity contribution is 5.94. The molecule has 1 aromatic heterocycles. The number of pyridine rings is 1. The van der Waals surface area contributed by atoms with Crippen molar-refractivity contribution in [2.24, 2.45) is 0 Å². The van der Waals surface area contributed by atoms with E-state index >= 15 is 0 Å². The summed E-state index contributed by atoms with van der Waals surface area (Å²) in [5, 5.41) is 2.84. The largest absolute Gasteiger partial charge is 0.426 e. The quantitative estimate of drug-likeness (QED) is 0.689. The molecule has 2 heterocycles. The van der Waals surface area contributed by atoms with Crippen LogP contribution in [0.2, 0.25) is 0 Å². The Morgan fingerprint density at radius 2 is 2.00 bits per heavy atom. The van der Waals surface area contributed by atoms with Crippen LogP contribution < -0.4 is 10.1 Å². The predicted octanol–water partition coefficient (Wildman–Crippen LogP) is 3.38. The summed E-state index contributed by atoms with van der Waals surface area (Å²) in [5.74, 6) is 0.236. The molecule has 1 saturated carbocycles. The fourth-order valence-electron chi connectivity index (χ4n) is 3.85. The Kier molecular flexibility index (Phi) is 3.99. The molecule has 2 aliphatic rings. The summed E-state index contributed by atoms with van der Waals surface area (Å²) in [7, 11) is 0. The van der Waals surface area contributed by atoms with Crippen molar-refractivity contribution in [3.63, 3.8) is 0 Å². The maximum Gasteiger partial charge on any atom is 0.322 e. The number of carbonyl (C=O) groups is 2. The number of aromatic nitrogens is 1. The minimum absolute atomic E-state index is 0.00130. The van der Waals surface area contributed by atoms with Crippen molar-refractivity contribution >= 4 is 17.6 Å². The van der Waals surface area contributed by atoms with Gasteiger partial charge < -0.3 is 10.1 Å². The molecule has 5 heteroatoms. The third kappa shape index (κ3) is 2.90. The third-order valence-electron chi connectivity index (χ3n) is 5.25. The number of anilines is 1. The van der Waals surface area contributed by atoms with Gasteiger partial charge in [-0.1, -0.05) is 25.0 Å². The van der Waals surface area contributed by atoms with Crippen molar-refractivity contribution in [1.29, 1.82) is 0 Å². The van der Waals surface area contributed by atoms with Gasteiger partial charge in [0.2, 0.25) is 5.91 Å². The van der Waals surface area contributed by atoms with Gasteiger partial charge in [-0.25, -0.2) is 0 Å². The average molecular weight is 336 g/mol. The lowest BCUT2D eigenvalue weighted by atomic mass is 9.80. The van der Waals surface area contributed by atoms with Crippen LogP contribution in [0.25, 0.3) is 0 Å². The number of benzene rings is 1. The molecule has 25 heavy (non-hydrogen) atoms. The van der Waals surface area contributed by atoms with E-state index in [-0.39, 0.29) is 11.9 Å². The number of aryl methyl sites for hydroxylation is 1. The van der Waals surface area contributed by atoms with Crippen LogP contribution in [0.1, 0.15) is 43.2 Å². The molecule has 2 aromatic rings. The van der Waals surface area contributed by atoms with E-state index in [0.717, 1.165) is 48.9 Å². The Morgan fingerprint density at radius 3 is 2.76 bits per heavy atom. The second kappa shape index (κ2) is 6.31. The van der Waals surface area contributed by atoms with Gasteiger partial charge in [-0.05, 0) is 42.5 Å². The van der Waals surface area contributed by atoms with Gasteiger partial charge in [-0.15, -0.1) is 0 Å². The molecule has 0 atom stereocenters. The predicted molar refractivity (Wildman–Crippen MR) is 93.4 cm³/mol. The van der Waals surface area contributed by atoms with E-state index in [1.165, 1.54) is 0 Å². The summed E-state index contributed by atoms with van der Waals surface area (Å²) >= 11 is 0. The van der Waals surface area contributed by atoms with Crippen LogP contribution >= 0.6 is 0 Å². The molecule has 0 unspecified atom stereocenters. The first kappa shape index (κ1) is 15.8. The van der Waals surface area contributed by atoms with Gasteiger partial charge in [0.1, 0.15) is 5.75 Å². The molecule has 1 fully saturated rings. The van der Waals surface area contributed by atoms with E-state index in [9.17, 15) is 9.59 Å². The zero-order chi connectivity index (χ0) is 17.3. The van der Waals surface area contributed by atoms with Crippen molar-refractivity contribution in [3.05, 3.63) is 53.9 Å². The molecule has 0 bridgehead atoms. The zero-order valence-electron chi connectivity index (χ0n) is 14.0. The van der Waals surface area contributed by atoms with Crippen molar-refractivity contribution in [1.82, 2.24) is 4.98 Å². The van der Waals surface area contributed by atoms with Gasteiger partial charge in [-0.2, -0.15) is 0 Å². The van der Waals surface area contributed by atoms with Gasteiger partial charge in [0.05, 0.1) is 5.41 Å². The summed E-state index contributed by atoms with van der Waals surface area (Å²) in [6.07, 6.45) is 8.25. The zero-order valence-corrected chi connectivity index (χ0v) is 14.0. The molecular formula is C20H20N2O3. The first-order valence-corrected chi connectivity index (χ1v) is 8.73. The van der Waals surface area contributed by atoms with Crippen LogP contribution in [-0.2, 0) is 21.4 Å². The SMILES string of the molecule is O=C1CCc2ccc(OC(=O)C3(c4cccnc4)CCCC3)cc2N1. The molecule has 5 nitrogen and oxygen atoms in total. The van der Waals surface area contributed by atoms with Gasteiger partial charge in [0, 0.05) is 30.6 Å². The summed E-state index contributed by atoms with van der Waals surface area (Å²) < 4.78 is 5.74. The first-order valence-electron chi connectivity index (χ1n) is 8.73. The molecule has 128 valence electrons. The fraction of sp³-hybridized carbons (Fsp3) is 0.350. The van der Waals surface area contributed by atoms with Gasteiger partial charge in [-0.3, -0.25) is 14.6 Å². The van der Waals surface area contributed by atoms with E-state index in [1.807, 2.05) is 18.2 Å². The topological polar surface area (TPSA) is 68.3 Å². The highest BCUT2D eigenvalue weighted by Crippen LogP contribution is 2.42. The van der Waals surface area contributed by atoms with Crippen molar-refractivity contribution in [2.45, 2.75) is 43.9 Å². The fourth-order valence-corrected chi connectivity index (χ4v) is 3.85. The smallest absolute Gasteiger partial charge is 0.322 e. The molecule has 4 rings (SSSR count). The maximum absolute atomic E-state index is 13.0. The van der Waals surface area contributed by atoms with E-state index in [2.05, 4.69) is 10.3 Å². The lowest BCUT2D eigenvalue weighted by molar-refractivity contribution is -0.140. The number of ether oxygens (including phenoxy) is 1. The number of hydrogen-bond acceptors (Lipinski definition) is 4. The second-order valence-corrected chi connectivity index (χ2v) is 6.79. The summed E-state index contributed by atoms with van der Waals surface area (Å²) in [6, 6.07) is 9.28. The van der Waals surface area contributed by atoms with Crippen molar-refractivity contribution < 1.29 is 14.3 Å². The van der Waals surface area contributed by atoms with Crippen LogP contribution in [0, 0.1) is 0 Å². The van der Waals surface area contributed by atoms with E-state index in [4.69, 9.17) is 4.74 Å². The number of carbonyl (C=O) groups excluding carboxylic acids is 2. The average Bonchev–Trinajstić information content (AvgIpc) is 3.13. The first-order chi connectivity index (χ1) is 12.2. The van der Waals surface area contributed by atoms with E-state index in [1.54, 1.807) is 24.5 Å². The standard InChI is InChI=1S/C20H20N2O3/c23-18-8-6-14-5-7-16(12-17(14)22-18)25-19(24)20(9-1-2-10-20)15-4-3-11-21-13-15/h3-5,7,11-13H,1-2,6,8-10H2,(H,22,23). The summed E-state index contributed by atoms with van der Waals surface area (Å²) in [4.78, 5) is 28.8. The molecule has 1 aromatic carbocycles. The van der Waals surface area contributed by atoms with Gasteiger partial charge >= 0.3 is 5.97 Å². The molecule has 1 amide bonds. The number of fused-ring (bicyclic) bond motifs is 1. The second-order valence-electron chi connectivity index (χ2n) is 6.79. The van der Waals surface area contributed by atoms with Crippen molar-refractivity contribution in [3.8, 4) is 5.75 Å². The van der Waals surface area contributed by atoms with Crippen molar-refractivity contribution in [2.75, 3.05) is 5.32 Å². The Balaban J connectivity index is 1.60. The maximum atomic E-state index is 13.0. The van der Waals surface area contributed by atoms with E-state index in [0.29, 0.717) is 12.2 Å². The number of hydrogen-bond donors (Lipinski definition) is 1. The molecule has 1 aliphatic heterocycles. The third-order valence-corrected chi connectivity index (χ3v) is 5.25. The Bertz CT molecular complexity index is 811. The lowest BCUT2D eigenvalue weighted by Crippen LogP contribution is -2.36. The molecule has 1 N–H and O–H groups in total. The number of rotatable bonds is 3. The summed E-state index contributed by atoms with van der Waals surface area (Å²) in [6.45, 7) is 0. The molecule has 0 spiro atoms. The van der Waals surface area contributed by atoms with E-state index < -0.39 is 5.41 Å². The van der Waals surface area contributed by atoms with Crippen LogP contribution in [0.15, 0.2) is 42.7 Å². The van der Waals surface area contributed by atoms with Crippen LogP contribution in [-0.4, -0.2) is 16.9 Å². The van der Waals surface area contributed by atoms with Crippen LogP contribution in [0.4, 0.5) is 5.69 Å². The monoisotopic (exact) mass is 336 g/mol. The minimum Gasteiger partial charge on any atom is -0.426 e. The summed E-state index contributed by atoms with van der Waals surface area (Å²) in [5.41, 5.74) is 2.11. The normalized spacial score (nSPS) is 18.3. The number of nitrogens with one attached hydrogen (secondary N) is 1. The number of esters is 1. The Morgan fingerprint density at radius 1 is 1.16 bits per heavy atom. The van der Waals surface area contributed by atoms with Crippen LogP contribution in [0.3, 0.4) is 0 Å². The van der Waals surface area contributed by atoms with Gasteiger partial charge in [0.25, 0.3) is 0 Å². The lowest BCUT2D eigenvalue weighted by Gasteiger charge is -2.27. The Hall–Kier alpha value is -2.69. The Labute approximate surface area is 146 Å². The molecule has 0 saturated heterocycles. The highest BCUT2D eigenvalue weighted by Gasteiger charge is 2.44. The van der Waals surface area contributed by atoms with Gasteiger partial charge in [0.15, 0.2) is 0 Å². The van der Waals surface area contributed by atoms with Crippen LogP contribution in [0.5, 0.6) is 5.75 Å². The minimum atomic E-state index is -0.618. The molecule has 1 aliphatic carbocycles. The highest BCUT2D eigenvalue weighted by atomic mass is 16.5. The number of amides is 1. The molecular weight excluding hydrogens is 316 g/mol. The number of nitrogens with zero attached hydrogens (tertiary/aromatic N) is 1. The molecule has 0 radical (unpaired) electrons.